The third-order valence-electron chi connectivity index (χ3n) is 0.723. The van der Waals surface area contributed by atoms with Crippen LogP contribution in [0.3, 0.4) is 0 Å². The Labute approximate surface area is 57.3 Å². The molecule has 0 N–H and O–H groups in total. The van der Waals surface area contributed by atoms with Gasteiger partial charge in [0.15, 0.2) is 0 Å². The minimum atomic E-state index is 0.891. The molecule has 8 heavy (non-hydrogen) atoms. The molecule has 1 radical (unpaired) electrons. The van der Waals surface area contributed by atoms with Crippen molar-refractivity contribution in [3.05, 3.63) is 24.4 Å². The van der Waals surface area contributed by atoms with E-state index >= 15 is 0 Å². The Kier molecular flexibility index (Phi) is 2.24. The Balaban J connectivity index is 2.83. The average Bonchev–Trinajstić information content (AvgIpc) is 1.90. The van der Waals surface area contributed by atoms with Gasteiger partial charge < -0.3 is 0 Å². The maximum absolute atomic E-state index is 4.67. The topological polar surface area (TPSA) is 12.9 Å². The molecule has 0 aliphatic carbocycles. The summed E-state index contributed by atoms with van der Waals surface area (Å²) in [6.45, 7) is 0. The van der Waals surface area contributed by atoms with Gasteiger partial charge in [0.05, 0.1) is 0 Å². The highest BCUT2D eigenvalue weighted by atomic mass is 33.1. The summed E-state index contributed by atoms with van der Waals surface area (Å²) in [4.78, 5) is 3.96. The molecular weight excluding hydrogens is 138 g/mol. The number of aromatic nitrogens is 1. The second-order valence-corrected chi connectivity index (χ2v) is 2.34. The number of pyridine rings is 1. The highest BCUT2D eigenvalue weighted by Crippen LogP contribution is 2.16. The van der Waals surface area contributed by atoms with Crippen LogP contribution in [-0.4, -0.2) is 4.98 Å². The van der Waals surface area contributed by atoms with Gasteiger partial charge in [-0.3, -0.25) is 0 Å². The van der Waals surface area contributed by atoms with Crippen LogP contribution in [0, 0.1) is 0 Å². The standard InChI is InChI=1S/C5H4NS2/c7-8-5-3-1-2-4-6-5/h1-4H. The summed E-state index contributed by atoms with van der Waals surface area (Å²) in [5.74, 6) is 0. The molecule has 0 amide bonds. The summed E-state index contributed by atoms with van der Waals surface area (Å²) in [5, 5.41) is 0.891. The van der Waals surface area contributed by atoms with E-state index in [0.717, 1.165) is 5.03 Å². The zero-order chi connectivity index (χ0) is 5.82. The van der Waals surface area contributed by atoms with Gasteiger partial charge in [0.25, 0.3) is 0 Å². The first-order valence-electron chi connectivity index (χ1n) is 2.14. The van der Waals surface area contributed by atoms with Crippen LogP contribution in [-0.2, 0) is 0 Å². The molecule has 1 rings (SSSR count). The monoisotopic (exact) mass is 142 g/mol. The molecule has 0 saturated heterocycles. The van der Waals surface area contributed by atoms with E-state index in [1.807, 2.05) is 18.2 Å². The van der Waals surface area contributed by atoms with E-state index < -0.39 is 0 Å². The number of hydrogen-bond donors (Lipinski definition) is 0. The molecule has 1 aromatic rings. The van der Waals surface area contributed by atoms with Gasteiger partial charge in [-0.25, -0.2) is 4.98 Å². The van der Waals surface area contributed by atoms with E-state index in [0.29, 0.717) is 0 Å². The van der Waals surface area contributed by atoms with Gasteiger partial charge in [0, 0.05) is 6.20 Å². The van der Waals surface area contributed by atoms with Crippen LogP contribution in [0.15, 0.2) is 29.4 Å². The number of hydrogen-bond acceptors (Lipinski definition) is 2. The first kappa shape index (κ1) is 5.98. The molecule has 0 atom stereocenters. The van der Waals surface area contributed by atoms with E-state index in [-0.39, 0.29) is 0 Å². The molecule has 1 heterocycles. The van der Waals surface area contributed by atoms with Gasteiger partial charge in [-0.05, 0) is 34.6 Å². The summed E-state index contributed by atoms with van der Waals surface area (Å²) < 4.78 is 0. The smallest absolute Gasteiger partial charge is 0.107 e. The Morgan fingerprint density at radius 1 is 1.50 bits per heavy atom. The Hall–Kier alpha value is -0.150. The molecular formula is C5H4NS2. The van der Waals surface area contributed by atoms with Gasteiger partial charge in [0.2, 0.25) is 0 Å². The van der Waals surface area contributed by atoms with Crippen molar-refractivity contribution >= 4 is 22.5 Å². The van der Waals surface area contributed by atoms with Gasteiger partial charge in [-0.15, -0.1) is 0 Å². The Morgan fingerprint density at radius 3 is 2.75 bits per heavy atom. The maximum Gasteiger partial charge on any atom is 0.107 e. The fourth-order valence-electron chi connectivity index (χ4n) is 0.396. The van der Waals surface area contributed by atoms with Crippen LogP contribution < -0.4 is 0 Å². The quantitative estimate of drug-likeness (QED) is 0.558. The van der Waals surface area contributed by atoms with Gasteiger partial charge in [-0.1, -0.05) is 6.07 Å². The van der Waals surface area contributed by atoms with E-state index in [1.54, 1.807) is 6.20 Å². The molecule has 0 aromatic carbocycles. The lowest BCUT2D eigenvalue weighted by molar-refractivity contribution is 1.14. The van der Waals surface area contributed by atoms with E-state index in [4.69, 9.17) is 0 Å². The molecule has 0 bridgehead atoms. The lowest BCUT2D eigenvalue weighted by Crippen LogP contribution is -1.69. The highest BCUT2D eigenvalue weighted by molar-refractivity contribution is 8.68. The summed E-state index contributed by atoms with van der Waals surface area (Å²) in [7, 11) is 1.24. The largest absolute Gasteiger partial charge is 0.249 e. The highest BCUT2D eigenvalue weighted by Gasteiger charge is 1.84. The Morgan fingerprint density at radius 2 is 2.38 bits per heavy atom. The van der Waals surface area contributed by atoms with Crippen LogP contribution in [0.2, 0.25) is 0 Å². The predicted molar refractivity (Wildman–Crippen MR) is 37.7 cm³/mol. The Bertz CT molecular complexity index is 152. The first-order valence-corrected chi connectivity index (χ1v) is 3.88. The van der Waals surface area contributed by atoms with Crippen LogP contribution in [0.5, 0.6) is 0 Å². The first-order chi connectivity index (χ1) is 3.93. The predicted octanol–water partition coefficient (Wildman–Crippen LogP) is 2.29. The molecule has 0 aliphatic heterocycles. The maximum atomic E-state index is 4.67. The van der Waals surface area contributed by atoms with E-state index in [9.17, 15) is 0 Å². The van der Waals surface area contributed by atoms with Crippen molar-refractivity contribution in [1.82, 2.24) is 4.98 Å². The minimum Gasteiger partial charge on any atom is -0.249 e. The molecule has 0 unspecified atom stereocenters. The van der Waals surface area contributed by atoms with Crippen LogP contribution >= 0.6 is 22.5 Å². The molecule has 1 nitrogen and oxygen atoms in total. The van der Waals surface area contributed by atoms with Gasteiger partial charge in [0.1, 0.15) is 5.03 Å². The molecule has 0 saturated carbocycles. The second kappa shape index (κ2) is 2.99. The summed E-state index contributed by atoms with van der Waals surface area (Å²) in [6.07, 6.45) is 1.73. The number of rotatable bonds is 1. The second-order valence-electron chi connectivity index (χ2n) is 1.25. The van der Waals surface area contributed by atoms with Crippen molar-refractivity contribution in [3.8, 4) is 0 Å². The van der Waals surface area contributed by atoms with Crippen molar-refractivity contribution in [2.24, 2.45) is 0 Å². The summed E-state index contributed by atoms with van der Waals surface area (Å²) >= 11 is 4.67. The summed E-state index contributed by atoms with van der Waals surface area (Å²) in [5.41, 5.74) is 0. The fraction of sp³-hybridized carbons (Fsp3) is 0. The van der Waals surface area contributed by atoms with Crippen LogP contribution in [0.4, 0.5) is 0 Å². The molecule has 41 valence electrons. The van der Waals surface area contributed by atoms with E-state index in [2.05, 4.69) is 16.6 Å². The SMILES string of the molecule is [S]Sc1ccccn1. The molecule has 0 spiro atoms. The molecule has 0 aliphatic rings. The normalized spacial score (nSPS) is 9.12. The lowest BCUT2D eigenvalue weighted by Gasteiger charge is -1.86. The van der Waals surface area contributed by atoms with Crippen molar-refractivity contribution in [2.75, 3.05) is 0 Å². The minimum absolute atomic E-state index is 0.891. The zero-order valence-corrected chi connectivity index (χ0v) is 5.71. The van der Waals surface area contributed by atoms with Crippen molar-refractivity contribution in [3.63, 3.8) is 0 Å². The molecule has 3 heteroatoms. The fourth-order valence-corrected chi connectivity index (χ4v) is 0.930. The van der Waals surface area contributed by atoms with Crippen molar-refractivity contribution in [2.45, 2.75) is 5.03 Å². The van der Waals surface area contributed by atoms with E-state index in [1.165, 1.54) is 10.8 Å². The molecule has 1 aromatic heterocycles. The third kappa shape index (κ3) is 1.42. The van der Waals surface area contributed by atoms with Crippen LogP contribution in [0.1, 0.15) is 0 Å². The average molecular weight is 142 g/mol. The molecule has 0 fully saturated rings. The van der Waals surface area contributed by atoms with Crippen LogP contribution in [0.25, 0.3) is 0 Å². The van der Waals surface area contributed by atoms with Crippen molar-refractivity contribution < 1.29 is 0 Å². The van der Waals surface area contributed by atoms with Crippen molar-refractivity contribution in [1.29, 1.82) is 0 Å². The summed E-state index contributed by atoms with van der Waals surface area (Å²) in [6, 6.07) is 5.67. The number of nitrogens with zero attached hydrogens (tertiary/aromatic N) is 1. The van der Waals surface area contributed by atoms with Gasteiger partial charge >= 0.3 is 0 Å². The zero-order valence-electron chi connectivity index (χ0n) is 4.07. The van der Waals surface area contributed by atoms with Gasteiger partial charge in [-0.2, -0.15) is 0 Å². The lowest BCUT2D eigenvalue weighted by atomic mass is 10.5. The third-order valence-corrected chi connectivity index (χ3v) is 1.65.